The van der Waals surface area contributed by atoms with Gasteiger partial charge in [0.05, 0.1) is 4.90 Å². The van der Waals surface area contributed by atoms with Gasteiger partial charge in [-0.25, -0.2) is 13.1 Å². The molecular weight excluding hydrogens is 551 g/mol. The lowest BCUT2D eigenvalue weighted by atomic mass is 9.73. The summed E-state index contributed by atoms with van der Waals surface area (Å²) in [6.45, 7) is 0.873. The van der Waals surface area contributed by atoms with Crippen molar-refractivity contribution in [2.45, 2.75) is 54.6 Å². The molecule has 3 aromatic rings. The molecular formula is C31H34F3N3O3S. The Morgan fingerprint density at radius 3 is 2.00 bits per heavy atom. The van der Waals surface area contributed by atoms with Crippen molar-refractivity contribution in [2.75, 3.05) is 26.2 Å². The van der Waals surface area contributed by atoms with Crippen molar-refractivity contribution in [3.8, 4) is 11.1 Å². The second kappa shape index (κ2) is 12.0. The molecule has 41 heavy (non-hydrogen) atoms. The lowest BCUT2D eigenvalue weighted by Gasteiger charge is -2.33. The van der Waals surface area contributed by atoms with Crippen LogP contribution in [0.15, 0.2) is 83.8 Å². The van der Waals surface area contributed by atoms with Crippen molar-refractivity contribution in [1.82, 2.24) is 14.9 Å². The highest BCUT2D eigenvalue weighted by molar-refractivity contribution is 7.89. The van der Waals surface area contributed by atoms with E-state index in [9.17, 15) is 26.4 Å². The largest absolute Gasteiger partial charge is 0.405 e. The highest BCUT2D eigenvalue weighted by Gasteiger charge is 2.49. The number of nitrogens with one attached hydrogen (secondary N) is 2. The molecule has 0 atom stereocenters. The van der Waals surface area contributed by atoms with E-state index in [0.29, 0.717) is 25.7 Å². The van der Waals surface area contributed by atoms with Gasteiger partial charge < -0.3 is 10.2 Å². The van der Waals surface area contributed by atoms with E-state index in [-0.39, 0.29) is 10.9 Å². The van der Waals surface area contributed by atoms with Crippen molar-refractivity contribution in [2.24, 2.45) is 0 Å². The standard InChI is InChI=1S/C31H34F3N3O3S/c32-31(33,34)22-35-29(38)30(27-14-6-4-12-25(27)26-13-5-7-15-28(26)30)18-8-9-19-37-20-16-23(17-21-37)36-41(39,40)24-10-2-1-3-11-24/h1-7,10-15,23,36H,8-9,16-22H2,(H,35,38). The normalized spacial score (nSPS) is 17.1. The number of carbonyl (C=O) groups excluding carboxylic acids is 1. The molecule has 0 saturated carbocycles. The molecule has 1 heterocycles. The minimum absolute atomic E-state index is 0.136. The average molecular weight is 586 g/mol. The molecule has 0 spiro atoms. The van der Waals surface area contributed by atoms with Crippen LogP contribution in [-0.2, 0) is 20.2 Å². The first-order valence-electron chi connectivity index (χ1n) is 13.9. The van der Waals surface area contributed by atoms with Gasteiger partial charge in [0.1, 0.15) is 12.0 Å². The van der Waals surface area contributed by atoms with Crippen molar-refractivity contribution >= 4 is 15.9 Å². The maximum atomic E-state index is 13.6. The van der Waals surface area contributed by atoms with Gasteiger partial charge >= 0.3 is 6.18 Å². The lowest BCUT2D eigenvalue weighted by molar-refractivity contribution is -0.141. The summed E-state index contributed by atoms with van der Waals surface area (Å²) in [5, 5.41) is 2.18. The van der Waals surface area contributed by atoms with E-state index < -0.39 is 34.1 Å². The summed E-state index contributed by atoms with van der Waals surface area (Å²) in [5.41, 5.74) is 2.05. The van der Waals surface area contributed by atoms with Gasteiger partial charge in [0, 0.05) is 6.04 Å². The second-order valence-corrected chi connectivity index (χ2v) is 12.5. The SMILES string of the molecule is O=C(NCC(F)(F)F)C1(CCCCN2CCC(NS(=O)(=O)c3ccccc3)CC2)c2ccccc2-c2ccccc21. The number of hydrogen-bond acceptors (Lipinski definition) is 4. The fraction of sp³-hybridized carbons (Fsp3) is 0.387. The molecule has 5 rings (SSSR count). The molecule has 1 saturated heterocycles. The van der Waals surface area contributed by atoms with E-state index in [1.807, 2.05) is 48.5 Å². The van der Waals surface area contributed by atoms with E-state index in [2.05, 4.69) is 14.9 Å². The number of nitrogens with zero attached hydrogens (tertiary/aromatic N) is 1. The van der Waals surface area contributed by atoms with Gasteiger partial charge in [-0.2, -0.15) is 13.2 Å². The summed E-state index contributed by atoms with van der Waals surface area (Å²) >= 11 is 0. The molecule has 1 aliphatic carbocycles. The Labute approximate surface area is 239 Å². The third-order valence-electron chi connectivity index (χ3n) is 8.14. The van der Waals surface area contributed by atoms with E-state index in [0.717, 1.165) is 48.3 Å². The van der Waals surface area contributed by atoms with Crippen LogP contribution in [0, 0.1) is 0 Å². The van der Waals surface area contributed by atoms with Crippen LogP contribution in [0.3, 0.4) is 0 Å². The zero-order chi connectivity index (χ0) is 29.1. The fourth-order valence-electron chi connectivity index (χ4n) is 6.17. The molecule has 0 radical (unpaired) electrons. The molecule has 1 aliphatic heterocycles. The molecule has 0 unspecified atom stereocenters. The van der Waals surface area contributed by atoms with E-state index in [1.54, 1.807) is 30.3 Å². The van der Waals surface area contributed by atoms with Crippen molar-refractivity contribution in [3.63, 3.8) is 0 Å². The molecule has 1 amide bonds. The van der Waals surface area contributed by atoms with Gasteiger partial charge in [0.15, 0.2) is 0 Å². The van der Waals surface area contributed by atoms with E-state index >= 15 is 0 Å². The first kappa shape index (κ1) is 29.3. The summed E-state index contributed by atoms with van der Waals surface area (Å²) in [7, 11) is -3.56. The summed E-state index contributed by atoms with van der Waals surface area (Å²) in [6, 6.07) is 23.1. The smallest absolute Gasteiger partial charge is 0.346 e. The molecule has 10 heteroatoms. The average Bonchev–Trinajstić information content (AvgIpc) is 3.25. The molecule has 0 bridgehead atoms. The van der Waals surface area contributed by atoms with Crippen LogP contribution >= 0.6 is 0 Å². The Kier molecular flexibility index (Phi) is 8.54. The minimum Gasteiger partial charge on any atom is -0.346 e. The number of piperidine rings is 1. The maximum Gasteiger partial charge on any atom is 0.405 e. The quantitative estimate of drug-likeness (QED) is 0.319. The third kappa shape index (κ3) is 6.34. The number of fused-ring (bicyclic) bond motifs is 3. The number of hydrogen-bond donors (Lipinski definition) is 2. The summed E-state index contributed by atoms with van der Waals surface area (Å²) < 4.78 is 67.4. The highest BCUT2D eigenvalue weighted by Crippen LogP contribution is 2.51. The van der Waals surface area contributed by atoms with E-state index in [1.165, 1.54) is 0 Å². The predicted molar refractivity (Wildman–Crippen MR) is 152 cm³/mol. The number of rotatable bonds is 10. The molecule has 2 N–H and O–H groups in total. The fourth-order valence-corrected chi connectivity index (χ4v) is 7.50. The lowest BCUT2D eigenvalue weighted by Crippen LogP contribution is -2.47. The summed E-state index contributed by atoms with van der Waals surface area (Å²) in [6.07, 6.45) is -1.33. The van der Waals surface area contributed by atoms with E-state index in [4.69, 9.17) is 0 Å². The maximum absolute atomic E-state index is 13.6. The topological polar surface area (TPSA) is 78.5 Å². The molecule has 0 aromatic heterocycles. The number of alkyl halides is 3. The van der Waals surface area contributed by atoms with Crippen LogP contribution in [0.4, 0.5) is 13.2 Å². The third-order valence-corrected chi connectivity index (χ3v) is 9.68. The number of amides is 1. The van der Waals surface area contributed by atoms with Gasteiger partial charge in [0.2, 0.25) is 15.9 Å². The number of benzene rings is 3. The Bertz CT molecular complexity index is 1420. The zero-order valence-corrected chi connectivity index (χ0v) is 23.5. The Morgan fingerprint density at radius 1 is 0.854 bits per heavy atom. The molecule has 6 nitrogen and oxygen atoms in total. The monoisotopic (exact) mass is 585 g/mol. The Morgan fingerprint density at radius 2 is 1.41 bits per heavy atom. The zero-order valence-electron chi connectivity index (χ0n) is 22.7. The van der Waals surface area contributed by atoms with Crippen molar-refractivity contribution in [1.29, 1.82) is 0 Å². The van der Waals surface area contributed by atoms with Gasteiger partial charge in [0.25, 0.3) is 0 Å². The van der Waals surface area contributed by atoms with Gasteiger partial charge in [-0.15, -0.1) is 0 Å². The first-order valence-corrected chi connectivity index (χ1v) is 15.4. The number of halogens is 3. The van der Waals surface area contributed by atoms with Gasteiger partial charge in [-0.1, -0.05) is 73.2 Å². The number of unbranched alkanes of at least 4 members (excludes halogenated alkanes) is 1. The number of likely N-dealkylation sites (tertiary alicyclic amines) is 1. The van der Waals surface area contributed by atoms with Crippen LogP contribution in [0.1, 0.15) is 43.2 Å². The summed E-state index contributed by atoms with van der Waals surface area (Å²) in [5.74, 6) is -0.626. The number of carbonyl (C=O) groups is 1. The van der Waals surface area contributed by atoms with Crippen LogP contribution in [0.25, 0.3) is 11.1 Å². The predicted octanol–water partition coefficient (Wildman–Crippen LogP) is 5.24. The van der Waals surface area contributed by atoms with Crippen molar-refractivity contribution < 1.29 is 26.4 Å². The summed E-state index contributed by atoms with van der Waals surface area (Å²) in [4.78, 5) is 16.1. The highest BCUT2D eigenvalue weighted by atomic mass is 32.2. The van der Waals surface area contributed by atoms with Crippen LogP contribution in [-0.4, -0.2) is 57.6 Å². The molecule has 2 aliphatic rings. The first-order chi connectivity index (χ1) is 19.6. The number of sulfonamides is 1. The minimum atomic E-state index is -4.50. The molecule has 1 fully saturated rings. The van der Waals surface area contributed by atoms with Crippen LogP contribution < -0.4 is 10.0 Å². The molecule has 3 aromatic carbocycles. The van der Waals surface area contributed by atoms with Gasteiger partial charge in [-0.05, 0) is 79.7 Å². The molecule has 218 valence electrons. The second-order valence-electron chi connectivity index (χ2n) is 10.8. The Hall–Kier alpha value is -3.21. The van der Waals surface area contributed by atoms with Crippen LogP contribution in [0.5, 0.6) is 0 Å². The van der Waals surface area contributed by atoms with Crippen LogP contribution in [0.2, 0.25) is 0 Å². The Balaban J connectivity index is 1.22. The van der Waals surface area contributed by atoms with Gasteiger partial charge in [-0.3, -0.25) is 4.79 Å². The van der Waals surface area contributed by atoms with Crippen molar-refractivity contribution in [3.05, 3.63) is 90.0 Å².